The first-order valence-electron chi connectivity index (χ1n) is 27.4. The van der Waals surface area contributed by atoms with Crippen molar-refractivity contribution in [2.75, 3.05) is 0 Å². The molecule has 0 aliphatic heterocycles. The average molecular weight is 1120 g/mol. The highest BCUT2D eigenvalue weighted by Gasteiger charge is 2.65. The number of ether oxygens (including phenoxy) is 4. The molecule has 4 aromatic carbocycles. The van der Waals surface area contributed by atoms with Gasteiger partial charge in [-0.15, -0.1) is 22.7 Å². The van der Waals surface area contributed by atoms with Crippen LogP contribution in [0.4, 0.5) is 0 Å². The summed E-state index contributed by atoms with van der Waals surface area (Å²) in [6.45, 7) is -1.05. The highest BCUT2D eigenvalue weighted by molar-refractivity contribution is 7.29. The highest BCUT2D eigenvalue weighted by atomic mass is 32.1. The number of aliphatic imine (C=N–C) groups is 2. The van der Waals surface area contributed by atoms with Crippen LogP contribution in [0.25, 0.3) is 21.0 Å². The molecule has 406 valence electrons. The summed E-state index contributed by atoms with van der Waals surface area (Å²) in [5, 5.41) is 0. The molecule has 0 radical (unpaired) electrons. The largest absolute Gasteiger partial charge is 0.459 e. The molecule has 16 heteroatoms. The van der Waals surface area contributed by atoms with Crippen LogP contribution >= 0.6 is 22.7 Å². The summed E-state index contributed by atoms with van der Waals surface area (Å²) >= 11 is 2.36. The fourth-order valence-corrected chi connectivity index (χ4v) is 16.1. The van der Waals surface area contributed by atoms with Crippen molar-refractivity contribution in [3.8, 4) is 0 Å². The summed E-state index contributed by atoms with van der Waals surface area (Å²) in [4.78, 5) is 130. The summed E-state index contributed by atoms with van der Waals surface area (Å²) in [5.74, 6) is -8.22. The van der Waals surface area contributed by atoms with Gasteiger partial charge < -0.3 is 18.9 Å². The number of thiophene rings is 2. The molecule has 4 saturated carbocycles. The second-order valence-electron chi connectivity index (χ2n) is 21.7. The van der Waals surface area contributed by atoms with E-state index in [0.29, 0.717) is 78.2 Å². The van der Waals surface area contributed by atoms with E-state index in [4.69, 9.17) is 28.9 Å². The van der Waals surface area contributed by atoms with E-state index in [2.05, 4.69) is 0 Å². The maximum absolute atomic E-state index is 15.7. The zero-order valence-corrected chi connectivity index (χ0v) is 45.4. The minimum atomic E-state index is -2.51. The Kier molecular flexibility index (Phi) is 13.5. The SMILES string of the molecule is O=C1C(=NC2=CC3=C(c4sc5c6c(sc5c4C3)C=C(N=C3C(=O)C4CCCCC4C3=O)C6(C(=O)OCc3ccccc3)C(=O)OCc3ccccc3)C2(C(=O)OCc2ccccc2)C(=O)OCc2ccccc2)C(=O)C2CCCCC12. The van der Waals surface area contributed by atoms with E-state index < -0.39 is 81.5 Å². The second-order valence-corrected chi connectivity index (χ2v) is 23.7. The number of nitrogens with zero attached hydrogens (tertiary/aromatic N) is 2. The second kappa shape index (κ2) is 21.0. The maximum Gasteiger partial charge on any atom is 0.334 e. The van der Waals surface area contributed by atoms with Crippen LogP contribution in [0.3, 0.4) is 0 Å². The fraction of sp³-hybridized carbons (Fsp3) is 0.292. The van der Waals surface area contributed by atoms with Crippen molar-refractivity contribution in [3.05, 3.63) is 188 Å². The number of benzene rings is 4. The van der Waals surface area contributed by atoms with Crippen LogP contribution in [-0.4, -0.2) is 58.4 Å². The molecule has 6 aromatic rings. The third-order valence-corrected chi connectivity index (χ3v) is 19.6. The number of hydrogen-bond donors (Lipinski definition) is 0. The first kappa shape index (κ1) is 52.1. The molecule has 14 nitrogen and oxygen atoms in total. The van der Waals surface area contributed by atoms with Gasteiger partial charge in [-0.2, -0.15) is 0 Å². The summed E-state index contributed by atoms with van der Waals surface area (Å²) in [6, 6.07) is 35.7. The van der Waals surface area contributed by atoms with E-state index in [1.165, 1.54) is 11.3 Å². The molecule has 0 N–H and O–H groups in total. The Morgan fingerprint density at radius 2 is 0.815 bits per heavy atom. The van der Waals surface area contributed by atoms with Crippen LogP contribution in [0.5, 0.6) is 0 Å². The molecular weight excluding hydrogens is 1060 g/mol. The molecule has 2 heterocycles. The molecule has 0 saturated heterocycles. The van der Waals surface area contributed by atoms with Crippen molar-refractivity contribution in [3.63, 3.8) is 0 Å². The summed E-state index contributed by atoms with van der Waals surface area (Å²) in [5.41, 5.74) is -2.13. The van der Waals surface area contributed by atoms with E-state index in [1.807, 2.05) is 24.3 Å². The Balaban J connectivity index is 0.991. The monoisotopic (exact) mass is 1120 g/mol. The van der Waals surface area contributed by atoms with Gasteiger partial charge in [0.25, 0.3) is 0 Å². The Bertz CT molecular complexity index is 3670. The standard InChI is InChI=1S/C65H52N2O12S2/c68-53-41-25-13-14-26-42(41)54(69)51(53)66-47-30-40-29-45-57(49(40)64(47,60(72)76-32-36-17-5-1-6-18-36)61(73)77-33-37-19-7-2-8-20-37)81-59-50-46(80-58(45)59)31-48(67-52-55(70)43-27-15-16-28-44(43)56(52)71)65(50,62(74)78-34-38-21-9-3-10-22-38)63(75)79-35-39-23-11-4-12-24-39/h1-12,17-24,30-31,41-44H,13-16,25-29,32-35H2. The van der Waals surface area contributed by atoms with Crippen LogP contribution in [-0.2, 0) is 95.6 Å². The number of hydrogen-bond acceptors (Lipinski definition) is 16. The Morgan fingerprint density at radius 3 is 1.20 bits per heavy atom. The number of Topliss-reactive ketones (excluding diaryl/α,β-unsaturated/α-hetero) is 4. The summed E-state index contributed by atoms with van der Waals surface area (Å²) < 4.78 is 25.8. The third-order valence-electron chi connectivity index (χ3n) is 17.0. The fourth-order valence-electron chi connectivity index (χ4n) is 13.0. The van der Waals surface area contributed by atoms with Gasteiger partial charge in [0.2, 0.25) is 10.8 Å². The van der Waals surface area contributed by atoms with E-state index in [9.17, 15) is 19.2 Å². The molecule has 13 rings (SSSR count). The van der Waals surface area contributed by atoms with Gasteiger partial charge in [-0.05, 0) is 71.2 Å². The van der Waals surface area contributed by atoms with Crippen LogP contribution < -0.4 is 0 Å². The van der Waals surface area contributed by atoms with Crippen LogP contribution in [0, 0.1) is 29.1 Å². The lowest BCUT2D eigenvalue weighted by Crippen LogP contribution is -2.46. The quantitative estimate of drug-likeness (QED) is 0.0569. The lowest BCUT2D eigenvalue weighted by atomic mass is 9.79. The minimum Gasteiger partial charge on any atom is -0.459 e. The van der Waals surface area contributed by atoms with E-state index in [0.717, 1.165) is 37.0 Å². The minimum absolute atomic E-state index is 0.111. The normalized spacial score (nSPS) is 21.9. The molecule has 4 atom stereocenters. The number of carbonyl (C=O) groups is 8. The molecule has 7 aliphatic rings. The number of rotatable bonds is 14. The Morgan fingerprint density at radius 1 is 0.457 bits per heavy atom. The topological polar surface area (TPSA) is 198 Å². The lowest BCUT2D eigenvalue weighted by Gasteiger charge is -2.29. The predicted octanol–water partition coefficient (Wildman–Crippen LogP) is 10.5. The van der Waals surface area contributed by atoms with Crippen molar-refractivity contribution in [1.29, 1.82) is 0 Å². The van der Waals surface area contributed by atoms with Gasteiger partial charge >= 0.3 is 23.9 Å². The molecule has 0 spiro atoms. The van der Waals surface area contributed by atoms with Gasteiger partial charge in [-0.3, -0.25) is 38.4 Å². The first-order chi connectivity index (χ1) is 39.5. The van der Waals surface area contributed by atoms with Crippen molar-refractivity contribution < 1.29 is 57.3 Å². The van der Waals surface area contributed by atoms with E-state index in [1.54, 1.807) is 109 Å². The van der Waals surface area contributed by atoms with Gasteiger partial charge in [-0.1, -0.05) is 147 Å². The molecule has 0 bridgehead atoms. The van der Waals surface area contributed by atoms with Gasteiger partial charge in [0.05, 0.1) is 20.8 Å². The molecular formula is C65H52N2O12S2. The Labute approximate surface area is 473 Å². The molecule has 7 aliphatic carbocycles. The number of fused-ring (bicyclic) bond motifs is 8. The van der Waals surface area contributed by atoms with E-state index >= 15 is 19.2 Å². The zero-order valence-electron chi connectivity index (χ0n) is 43.8. The maximum atomic E-state index is 15.7. The van der Waals surface area contributed by atoms with Crippen LogP contribution in [0.2, 0.25) is 0 Å². The molecule has 81 heavy (non-hydrogen) atoms. The van der Waals surface area contributed by atoms with Gasteiger partial charge in [-0.25, -0.2) is 9.98 Å². The highest BCUT2D eigenvalue weighted by Crippen LogP contribution is 2.63. The van der Waals surface area contributed by atoms with Crippen molar-refractivity contribution in [2.24, 2.45) is 39.1 Å². The molecule has 2 aromatic heterocycles. The summed E-state index contributed by atoms with van der Waals surface area (Å²) in [6.07, 6.45) is 8.41. The predicted molar refractivity (Wildman–Crippen MR) is 301 cm³/mol. The number of allylic oxidation sites excluding steroid dienone is 2. The van der Waals surface area contributed by atoms with Crippen LogP contribution in [0.1, 0.15) is 94.5 Å². The van der Waals surface area contributed by atoms with Gasteiger partial charge in [0, 0.05) is 51.0 Å². The summed E-state index contributed by atoms with van der Waals surface area (Å²) in [7, 11) is 0. The van der Waals surface area contributed by atoms with Crippen molar-refractivity contribution >= 4 is 102 Å². The number of carbonyl (C=O) groups excluding carboxylic acids is 8. The van der Waals surface area contributed by atoms with E-state index in [-0.39, 0.29) is 66.8 Å². The smallest absolute Gasteiger partial charge is 0.334 e. The van der Waals surface area contributed by atoms with Gasteiger partial charge in [0.1, 0.15) is 37.9 Å². The van der Waals surface area contributed by atoms with Crippen molar-refractivity contribution in [2.45, 2.75) is 89.6 Å². The molecule has 4 unspecified atom stereocenters. The van der Waals surface area contributed by atoms with Crippen molar-refractivity contribution in [1.82, 2.24) is 0 Å². The third kappa shape index (κ3) is 8.55. The molecule has 4 fully saturated rings. The van der Waals surface area contributed by atoms with Gasteiger partial charge in [0.15, 0.2) is 23.1 Å². The lowest BCUT2D eigenvalue weighted by molar-refractivity contribution is -0.167. The zero-order chi connectivity index (χ0) is 55.6. The Hall–Kier alpha value is -8.34. The average Bonchev–Trinajstić information content (AvgIpc) is 3.22. The first-order valence-corrected chi connectivity index (χ1v) is 29.1. The number of esters is 4. The number of ketones is 4. The molecule has 0 amide bonds. The van der Waals surface area contributed by atoms with Crippen LogP contribution in [0.15, 0.2) is 154 Å².